The molecule has 36 heteroatoms. The predicted octanol–water partition coefficient (Wildman–Crippen LogP) is -3.98. The van der Waals surface area contributed by atoms with Crippen LogP contribution in [0.3, 0.4) is 0 Å². The Morgan fingerprint density at radius 2 is 1.29 bits per heavy atom. The fourth-order valence-corrected chi connectivity index (χ4v) is 11.7. The minimum absolute atomic E-state index is 0.0236. The summed E-state index contributed by atoms with van der Waals surface area (Å²) in [4.78, 5) is 195. The minimum atomic E-state index is -2.61. The molecule has 0 saturated carbocycles. The number of guanidine groups is 1. The average Bonchev–Trinajstić information content (AvgIpc) is 0.811. The number of rotatable bonds is 24. The fraction of sp³-hybridized carbons (Fsp3) is 0.615. The normalized spacial score (nSPS) is 23.4. The van der Waals surface area contributed by atoms with Gasteiger partial charge in [-0.3, -0.25) is 62.7 Å². The second-order valence-corrected chi connectivity index (χ2v) is 33.2. The number of nitrogens with two attached hydrogens (primary N) is 3. The van der Waals surface area contributed by atoms with Gasteiger partial charge in [-0.25, -0.2) is 9.59 Å². The Labute approximate surface area is 587 Å². The highest BCUT2D eigenvalue weighted by atomic mass is 28.3. The van der Waals surface area contributed by atoms with Gasteiger partial charge in [-0.15, -0.1) is 0 Å². The standard InChI is InChI=1S/C65H104N16O19Si/c1-14-34(6)44-58(93)79-45(35(7)83)57(92)71-29-43(84)77-47(50(86)52(66)87)60(95)75-41(30-82)62(97)99-51(37-21-16-15-17-22-37)48(81-55(90)40(27-36-20-18-24-69-28-36)73-56(91)42(31-101(11,12)13)76-64(98)100-65(8,9)10)61(96)80-46(49(85)33(4)5)59(94)74-39(26-32(2)3)54(89)72-38(53(88)78-44)23-19-25-70-63(67)68/h15-18,20-22,24,28,32-35,38-42,44-51,82-83,85-86H,14,19,23,25-27,29-31H2,1-13H3,(H2,66,87)(H,71,92)(H,72,89)(H,73,91)(H,74,94)(H,75,95)(H,76,98)(H,77,84)(H,78,88)(H,79,93)(H,80,96)(H,81,90)(H4,67,68,70)/t34-,35-,38+,39-,40-,41-,42+,44-,45-,46-,47-,48-,49+,50-,51+/m0/s1. The van der Waals surface area contributed by atoms with Crippen molar-refractivity contribution in [3.05, 3.63) is 66.0 Å². The van der Waals surface area contributed by atoms with Crippen LogP contribution in [0.15, 0.2) is 59.9 Å². The quantitative estimate of drug-likeness (QED) is 0.0157. The van der Waals surface area contributed by atoms with Crippen molar-refractivity contribution in [2.75, 3.05) is 19.7 Å². The van der Waals surface area contributed by atoms with E-state index in [1.165, 1.54) is 62.6 Å². The molecule has 1 aliphatic rings. The van der Waals surface area contributed by atoms with E-state index < -0.39 is 206 Å². The van der Waals surface area contributed by atoms with Gasteiger partial charge in [0.05, 0.1) is 25.4 Å². The Hall–Kier alpha value is -9.39. The molecule has 0 aliphatic carbocycles. The molecule has 12 amide bonds. The topological polar surface area (TPSA) is 557 Å². The van der Waals surface area contributed by atoms with E-state index in [1.54, 1.807) is 54.5 Å². The van der Waals surface area contributed by atoms with E-state index in [0.717, 1.165) is 6.92 Å². The van der Waals surface area contributed by atoms with Crippen LogP contribution in [0.4, 0.5) is 4.79 Å². The lowest BCUT2D eigenvalue weighted by Crippen LogP contribution is -2.64. The van der Waals surface area contributed by atoms with E-state index >= 15 is 14.4 Å². The number of esters is 1. The maximum Gasteiger partial charge on any atom is 0.408 e. The number of aliphatic imine (C=N–C) groups is 1. The third-order valence-electron chi connectivity index (χ3n) is 15.7. The summed E-state index contributed by atoms with van der Waals surface area (Å²) in [6.45, 7) is 18.6. The van der Waals surface area contributed by atoms with Crippen LogP contribution in [0, 0.1) is 17.8 Å². The Morgan fingerprint density at radius 3 is 1.83 bits per heavy atom. The van der Waals surface area contributed by atoms with Crippen molar-refractivity contribution >= 4 is 91.1 Å². The zero-order chi connectivity index (χ0) is 76.4. The second kappa shape index (κ2) is 40.2. The van der Waals surface area contributed by atoms with E-state index in [9.17, 15) is 68.4 Å². The van der Waals surface area contributed by atoms with Crippen molar-refractivity contribution in [3.63, 3.8) is 0 Å². The number of aliphatic hydroxyl groups is 4. The number of carbonyl (C=O) groups excluding carboxylic acids is 13. The number of cyclic esters (lactones) is 1. The molecule has 15 atom stereocenters. The van der Waals surface area contributed by atoms with Crippen LogP contribution in [0.25, 0.3) is 0 Å². The highest BCUT2D eigenvalue weighted by Crippen LogP contribution is 2.25. The molecule has 1 aromatic carbocycles. The number of hydrogen-bond acceptors (Lipinski definition) is 21. The van der Waals surface area contributed by atoms with Crippen molar-refractivity contribution in [1.82, 2.24) is 63.5 Å². The first-order valence-corrected chi connectivity index (χ1v) is 36.9. The van der Waals surface area contributed by atoms with E-state index in [4.69, 9.17) is 26.7 Å². The molecule has 562 valence electrons. The molecule has 3 rings (SSSR count). The molecule has 2 aromatic rings. The van der Waals surface area contributed by atoms with Crippen LogP contribution in [0.2, 0.25) is 25.7 Å². The zero-order valence-electron chi connectivity index (χ0n) is 59.4. The Bertz CT molecular complexity index is 3200. The number of nitrogens with one attached hydrogen (secondary N) is 11. The second-order valence-electron chi connectivity index (χ2n) is 27.7. The summed E-state index contributed by atoms with van der Waals surface area (Å²) < 4.78 is 11.5. The van der Waals surface area contributed by atoms with Crippen LogP contribution in [-0.4, -0.2) is 221 Å². The summed E-state index contributed by atoms with van der Waals surface area (Å²) >= 11 is 0. The first-order valence-electron chi connectivity index (χ1n) is 33.2. The highest BCUT2D eigenvalue weighted by Gasteiger charge is 2.44. The third kappa shape index (κ3) is 29.0. The number of alkyl carbamates (subject to hydrolysis) is 1. The van der Waals surface area contributed by atoms with Gasteiger partial charge >= 0.3 is 12.1 Å². The van der Waals surface area contributed by atoms with Crippen molar-refractivity contribution in [3.8, 4) is 0 Å². The molecule has 101 heavy (non-hydrogen) atoms. The average molecular weight is 1440 g/mol. The number of nitrogens with zero attached hydrogens (tertiary/aromatic N) is 2. The van der Waals surface area contributed by atoms with Crippen LogP contribution in [-0.2, 0) is 73.4 Å². The zero-order valence-corrected chi connectivity index (χ0v) is 60.4. The summed E-state index contributed by atoms with van der Waals surface area (Å²) in [6.07, 6.45) is -7.05. The van der Waals surface area contributed by atoms with Gasteiger partial charge in [0.25, 0.3) is 0 Å². The molecule has 1 saturated heterocycles. The summed E-state index contributed by atoms with van der Waals surface area (Å²) in [5, 5.41) is 71.2. The number of amides is 12. The molecule has 0 radical (unpaired) electrons. The van der Waals surface area contributed by atoms with Crippen LogP contribution in [0.5, 0.6) is 0 Å². The molecule has 2 heterocycles. The number of aliphatic hydroxyl groups excluding tert-OH is 4. The molecule has 35 nitrogen and oxygen atoms in total. The SMILES string of the molecule is CC[C@H](C)[C@@H]1NC(=O)[C@@H](CCCN=C(N)N)NC(=O)[C@H](CC(C)C)NC(=O)[C@H]([C@H](O)C(C)C)NC(=O)[C@@H](NC(=O)[C@H](Cc2cccnc2)NC(=O)[C@@H](C[Si](C)(C)C)NC(=O)OC(C)(C)C)[C@@H](c2ccccc2)OC(=O)[C@H](CO)NC(=O)[C@H]([C@H](O)C(N)=O)NC(=O)CNC(=O)[C@H]([C@H](C)O)NC1=O. The van der Waals surface area contributed by atoms with Gasteiger partial charge in [-0.05, 0) is 87.9 Å². The number of ether oxygens (including phenoxy) is 2. The van der Waals surface area contributed by atoms with Crippen molar-refractivity contribution in [1.29, 1.82) is 0 Å². The number of carbonyl (C=O) groups is 13. The Morgan fingerprint density at radius 1 is 0.703 bits per heavy atom. The maximum atomic E-state index is 15.7. The number of benzene rings is 1. The smallest absolute Gasteiger partial charge is 0.408 e. The van der Waals surface area contributed by atoms with Gasteiger partial charge in [0.15, 0.2) is 24.2 Å². The van der Waals surface area contributed by atoms with Crippen LogP contribution in [0.1, 0.15) is 112 Å². The molecule has 0 spiro atoms. The molecule has 1 fully saturated rings. The van der Waals surface area contributed by atoms with Gasteiger partial charge in [0.1, 0.15) is 60.0 Å². The summed E-state index contributed by atoms with van der Waals surface area (Å²) in [5.74, 6) is -17.6. The summed E-state index contributed by atoms with van der Waals surface area (Å²) in [6, 6.07) is -8.60. The summed E-state index contributed by atoms with van der Waals surface area (Å²) in [5.41, 5.74) is 15.7. The molecular weight excluding hydrogens is 1340 g/mol. The third-order valence-corrected chi connectivity index (χ3v) is 17.3. The molecule has 21 N–H and O–H groups in total. The van der Waals surface area contributed by atoms with Crippen molar-refractivity contribution in [2.45, 2.75) is 217 Å². The number of aromatic nitrogens is 1. The van der Waals surface area contributed by atoms with E-state index in [1.807, 2.05) is 30.3 Å². The first kappa shape index (κ1) is 85.8. The molecule has 1 aromatic heterocycles. The lowest BCUT2D eigenvalue weighted by Gasteiger charge is -2.34. The number of pyridine rings is 1. The Balaban J connectivity index is 2.49. The van der Waals surface area contributed by atoms with Crippen molar-refractivity contribution in [2.24, 2.45) is 39.9 Å². The first-order chi connectivity index (χ1) is 47.1. The van der Waals surface area contributed by atoms with E-state index in [0.29, 0.717) is 5.56 Å². The van der Waals surface area contributed by atoms with E-state index in [2.05, 4.69) is 57.8 Å². The number of primary amides is 1. The van der Waals surface area contributed by atoms with Gasteiger partial charge in [0.2, 0.25) is 65.0 Å². The molecule has 1 aliphatic heterocycles. The van der Waals surface area contributed by atoms with Crippen molar-refractivity contribution < 1.29 is 92.2 Å². The monoisotopic (exact) mass is 1440 g/mol. The largest absolute Gasteiger partial charge is 0.453 e. The maximum absolute atomic E-state index is 15.7. The highest BCUT2D eigenvalue weighted by molar-refractivity contribution is 6.76. The van der Waals surface area contributed by atoms with Gasteiger partial charge < -0.3 is 106 Å². The lowest BCUT2D eigenvalue weighted by atomic mass is 9.95. The minimum Gasteiger partial charge on any atom is -0.453 e. The Kier molecular flexibility index (Phi) is 34.1. The summed E-state index contributed by atoms with van der Waals surface area (Å²) in [7, 11) is -2.31. The van der Waals surface area contributed by atoms with E-state index in [-0.39, 0.29) is 56.2 Å². The lowest BCUT2D eigenvalue weighted by molar-refractivity contribution is -0.159. The molecule has 0 bridgehead atoms. The molecule has 0 unspecified atom stereocenters. The van der Waals surface area contributed by atoms with Crippen LogP contribution >= 0.6 is 0 Å². The predicted molar refractivity (Wildman–Crippen MR) is 369 cm³/mol. The van der Waals surface area contributed by atoms with Gasteiger partial charge in [-0.1, -0.05) is 104 Å². The van der Waals surface area contributed by atoms with Gasteiger partial charge in [0, 0.05) is 33.4 Å². The van der Waals surface area contributed by atoms with Crippen LogP contribution < -0.4 is 75.7 Å². The molecular formula is C65H104N16O19Si. The van der Waals surface area contributed by atoms with Gasteiger partial charge in [-0.2, -0.15) is 0 Å². The number of hydrogen-bond donors (Lipinski definition) is 18. The fourth-order valence-electron chi connectivity index (χ4n) is 10.2.